The van der Waals surface area contributed by atoms with Crippen LogP contribution in [0.25, 0.3) is 0 Å². The number of nitrogens with one attached hydrogen (secondary N) is 1. The Kier molecular flexibility index (Phi) is 3.40. The van der Waals surface area contributed by atoms with Gasteiger partial charge in [-0.15, -0.1) is 0 Å². The summed E-state index contributed by atoms with van der Waals surface area (Å²) in [6, 6.07) is 8.03. The molecule has 0 aliphatic carbocycles. The molecule has 0 saturated carbocycles. The molecule has 2 bridgehead atoms. The molecule has 0 unspecified atom stereocenters. The lowest BCUT2D eigenvalue weighted by Crippen LogP contribution is -2.65. The second-order valence-electron chi connectivity index (χ2n) is 6.73. The van der Waals surface area contributed by atoms with E-state index in [-0.39, 0.29) is 5.69 Å². The van der Waals surface area contributed by atoms with E-state index >= 15 is 0 Å². The number of nitro groups is 1. The number of non-ortho nitro benzene ring substituents is 1. The number of ether oxygens (including phenoxy) is 1. The number of carbonyl (C=O) groups excluding carboxylic acids is 1. The van der Waals surface area contributed by atoms with E-state index in [0.717, 1.165) is 0 Å². The molecule has 7 nitrogen and oxygen atoms in total. The van der Waals surface area contributed by atoms with Gasteiger partial charge < -0.3 is 10.1 Å². The highest BCUT2D eigenvalue weighted by Crippen LogP contribution is 2.46. The summed E-state index contributed by atoms with van der Waals surface area (Å²) in [4.78, 5) is 24.6. The molecule has 4 rings (SSSR count). The van der Waals surface area contributed by atoms with Gasteiger partial charge in [0.2, 0.25) is 0 Å². The summed E-state index contributed by atoms with van der Waals surface area (Å²) in [5.74, 6) is 0.0554. The Bertz CT molecular complexity index is 948. The third-order valence-electron chi connectivity index (χ3n) is 4.88. The fourth-order valence-corrected chi connectivity index (χ4v) is 3.59. The van der Waals surface area contributed by atoms with Crippen LogP contribution in [0.3, 0.4) is 0 Å². The lowest BCUT2D eigenvalue weighted by Gasteiger charge is -2.50. The fraction of sp³-hybridized carbons (Fsp3) is 0.278. The Morgan fingerprint density at radius 1 is 1.35 bits per heavy atom. The van der Waals surface area contributed by atoms with Gasteiger partial charge in [-0.3, -0.25) is 15.0 Å². The maximum atomic E-state index is 14.0. The van der Waals surface area contributed by atoms with E-state index in [2.05, 4.69) is 5.32 Å². The summed E-state index contributed by atoms with van der Waals surface area (Å²) < 4.78 is 20.1. The maximum Gasteiger partial charge on any atom is 0.325 e. The summed E-state index contributed by atoms with van der Waals surface area (Å²) in [6.07, 6.45) is 0.377. The monoisotopic (exact) mass is 357 g/mol. The highest BCUT2D eigenvalue weighted by Gasteiger charge is 2.50. The van der Waals surface area contributed by atoms with E-state index in [1.54, 1.807) is 26.0 Å². The minimum absolute atomic E-state index is 0.0618. The zero-order valence-electron chi connectivity index (χ0n) is 14.2. The standard InChI is InChI=1S/C18H16FN3O4/c1-10-3-4-11(8-14(10)19)21-17(23)20-15-9-18(21,2)26-16-6-5-12(22(24)25)7-13(15)16/h3-8,15H,9H2,1-2H3,(H,20,23)/t15-,18-/m0/s1. The van der Waals surface area contributed by atoms with E-state index < -0.39 is 28.5 Å². The number of amides is 2. The van der Waals surface area contributed by atoms with Crippen LogP contribution in [0.15, 0.2) is 36.4 Å². The van der Waals surface area contributed by atoms with E-state index in [4.69, 9.17) is 4.74 Å². The van der Waals surface area contributed by atoms with Gasteiger partial charge in [0.15, 0.2) is 5.72 Å². The van der Waals surface area contributed by atoms with Gasteiger partial charge >= 0.3 is 6.03 Å². The molecule has 2 aromatic carbocycles. The number of rotatable bonds is 2. The summed E-state index contributed by atoms with van der Waals surface area (Å²) in [7, 11) is 0. The van der Waals surface area contributed by atoms with Crippen LogP contribution in [-0.4, -0.2) is 16.7 Å². The molecular weight excluding hydrogens is 341 g/mol. The number of carbonyl (C=O) groups is 1. The first kappa shape index (κ1) is 16.3. The molecule has 8 heteroatoms. The molecule has 134 valence electrons. The molecule has 2 aliphatic rings. The Labute approximate surface area is 148 Å². The van der Waals surface area contributed by atoms with Crippen molar-refractivity contribution in [1.29, 1.82) is 0 Å². The van der Waals surface area contributed by atoms with Crippen LogP contribution in [-0.2, 0) is 0 Å². The number of halogens is 1. The van der Waals surface area contributed by atoms with Crippen LogP contribution >= 0.6 is 0 Å². The van der Waals surface area contributed by atoms with Crippen molar-refractivity contribution in [2.75, 3.05) is 4.90 Å². The van der Waals surface area contributed by atoms with E-state index in [1.165, 1.54) is 29.2 Å². The van der Waals surface area contributed by atoms with Crippen molar-refractivity contribution in [1.82, 2.24) is 5.32 Å². The van der Waals surface area contributed by atoms with E-state index in [9.17, 15) is 19.3 Å². The van der Waals surface area contributed by atoms with Crippen molar-refractivity contribution in [2.24, 2.45) is 0 Å². The number of anilines is 1. The lowest BCUT2D eigenvalue weighted by atomic mass is 9.90. The summed E-state index contributed by atoms with van der Waals surface area (Å²) in [6.45, 7) is 3.40. The first-order valence-corrected chi connectivity index (χ1v) is 8.13. The SMILES string of the molecule is Cc1ccc(N2C(=O)N[C@H]3C[C@]2(C)Oc2ccc([N+](=O)[O-])cc23)cc1F. The van der Waals surface area contributed by atoms with Crippen molar-refractivity contribution in [3.63, 3.8) is 0 Å². The van der Waals surface area contributed by atoms with Gasteiger partial charge in [0, 0.05) is 24.1 Å². The van der Waals surface area contributed by atoms with Crippen molar-refractivity contribution < 1.29 is 18.8 Å². The van der Waals surface area contributed by atoms with Crippen LogP contribution in [0.5, 0.6) is 5.75 Å². The van der Waals surface area contributed by atoms with E-state index in [1.807, 2.05) is 0 Å². The highest BCUT2D eigenvalue weighted by atomic mass is 19.1. The molecule has 2 heterocycles. The number of aryl methyl sites for hydroxylation is 1. The summed E-state index contributed by atoms with van der Waals surface area (Å²) >= 11 is 0. The number of hydrogen-bond acceptors (Lipinski definition) is 4. The number of nitrogens with zero attached hydrogens (tertiary/aromatic N) is 2. The molecular formula is C18H16FN3O4. The average molecular weight is 357 g/mol. The van der Waals surface area contributed by atoms with Gasteiger partial charge in [0.05, 0.1) is 16.7 Å². The minimum Gasteiger partial charge on any atom is -0.467 e. The third kappa shape index (κ3) is 2.37. The quantitative estimate of drug-likeness (QED) is 0.654. The summed E-state index contributed by atoms with van der Waals surface area (Å²) in [5, 5.41) is 13.9. The predicted molar refractivity (Wildman–Crippen MR) is 91.6 cm³/mol. The molecule has 2 amide bonds. The Hall–Kier alpha value is -3.16. The molecule has 26 heavy (non-hydrogen) atoms. The molecule has 1 N–H and O–H groups in total. The predicted octanol–water partition coefficient (Wildman–Crippen LogP) is 3.81. The zero-order valence-corrected chi connectivity index (χ0v) is 14.2. The Balaban J connectivity index is 1.78. The number of hydrogen-bond donors (Lipinski definition) is 1. The molecule has 2 atom stereocenters. The minimum atomic E-state index is -1.03. The second-order valence-corrected chi connectivity index (χ2v) is 6.73. The van der Waals surface area contributed by atoms with Gasteiger partial charge in [-0.1, -0.05) is 6.07 Å². The van der Waals surface area contributed by atoms with Crippen molar-refractivity contribution in [3.8, 4) is 5.75 Å². The normalized spacial score (nSPS) is 23.7. The van der Waals surface area contributed by atoms with Crippen molar-refractivity contribution >= 4 is 17.4 Å². The first-order chi connectivity index (χ1) is 12.3. The molecule has 1 saturated heterocycles. The van der Waals surface area contributed by atoms with Crippen LogP contribution in [0, 0.1) is 22.9 Å². The summed E-state index contributed by atoms with van der Waals surface area (Å²) in [5.41, 5.74) is 0.346. The van der Waals surface area contributed by atoms with Gasteiger partial charge in [0.1, 0.15) is 11.6 Å². The van der Waals surface area contributed by atoms with Crippen LogP contribution in [0.1, 0.15) is 30.5 Å². The third-order valence-corrected chi connectivity index (χ3v) is 4.88. The van der Waals surface area contributed by atoms with Crippen LogP contribution < -0.4 is 15.0 Å². The number of fused-ring (bicyclic) bond motifs is 4. The van der Waals surface area contributed by atoms with Gasteiger partial charge in [0.25, 0.3) is 5.69 Å². The molecule has 0 spiro atoms. The smallest absolute Gasteiger partial charge is 0.325 e. The zero-order chi connectivity index (χ0) is 18.6. The van der Waals surface area contributed by atoms with Gasteiger partial charge in [-0.25, -0.2) is 9.18 Å². The van der Waals surface area contributed by atoms with Crippen molar-refractivity contribution in [3.05, 3.63) is 63.5 Å². The maximum absolute atomic E-state index is 14.0. The molecule has 0 aromatic heterocycles. The van der Waals surface area contributed by atoms with Crippen LogP contribution in [0.2, 0.25) is 0 Å². The number of nitro benzene ring substituents is 1. The number of urea groups is 1. The topological polar surface area (TPSA) is 84.7 Å². The molecule has 1 fully saturated rings. The average Bonchev–Trinajstić information content (AvgIpc) is 2.57. The van der Waals surface area contributed by atoms with Gasteiger partial charge in [-0.2, -0.15) is 0 Å². The molecule has 0 radical (unpaired) electrons. The first-order valence-electron chi connectivity index (χ1n) is 8.13. The fourth-order valence-electron chi connectivity index (χ4n) is 3.59. The lowest BCUT2D eigenvalue weighted by molar-refractivity contribution is -0.385. The van der Waals surface area contributed by atoms with E-state index in [0.29, 0.717) is 29.0 Å². The molecule has 2 aromatic rings. The van der Waals surface area contributed by atoms with Gasteiger partial charge in [-0.05, 0) is 37.6 Å². The largest absolute Gasteiger partial charge is 0.467 e. The second kappa shape index (κ2) is 5.42. The Morgan fingerprint density at radius 3 is 2.81 bits per heavy atom. The van der Waals surface area contributed by atoms with Crippen molar-refractivity contribution in [2.45, 2.75) is 32.0 Å². The Morgan fingerprint density at radius 2 is 2.12 bits per heavy atom. The highest BCUT2D eigenvalue weighted by molar-refractivity contribution is 5.95. The number of benzene rings is 2. The van der Waals surface area contributed by atoms with Crippen LogP contribution in [0.4, 0.5) is 20.6 Å². The molecule has 2 aliphatic heterocycles.